The monoisotopic (exact) mass is 218 g/mol. The first-order valence-corrected chi connectivity index (χ1v) is 5.35. The summed E-state index contributed by atoms with van der Waals surface area (Å²) in [5.74, 6) is 0. The molecule has 0 spiro atoms. The highest BCUT2D eigenvalue weighted by Gasteiger charge is 2.38. The summed E-state index contributed by atoms with van der Waals surface area (Å²) in [4.78, 5) is 29.0. The zero-order valence-electron chi connectivity index (χ0n) is 5.34. The van der Waals surface area contributed by atoms with Crippen molar-refractivity contribution in [2.24, 2.45) is 0 Å². The van der Waals surface area contributed by atoms with E-state index in [1.54, 1.807) is 0 Å². The van der Waals surface area contributed by atoms with Crippen molar-refractivity contribution in [3.05, 3.63) is 0 Å². The predicted molar refractivity (Wildman–Crippen MR) is 38.5 cm³/mol. The normalized spacial score (nSPS) is 10.5. The highest BCUT2D eigenvalue weighted by Crippen LogP contribution is 2.07. The number of rotatable bonds is 2. The molecule has 0 aromatic carbocycles. The quantitative estimate of drug-likeness (QED) is 0.559. The lowest BCUT2D eigenvalue weighted by Gasteiger charge is -2.14. The van der Waals surface area contributed by atoms with Crippen LogP contribution in [0.25, 0.3) is 0 Å². The summed E-state index contributed by atoms with van der Waals surface area (Å²) in [6.07, 6.45) is 0. The van der Waals surface area contributed by atoms with Gasteiger partial charge in [0.1, 0.15) is 0 Å². The fraction of sp³-hybridized carbons (Fsp3) is 0.333. The molecule has 8 heteroatoms. The summed E-state index contributed by atoms with van der Waals surface area (Å²) in [6.45, 7) is 1.02. The number of hydrogen-bond donors (Lipinski definition) is 1. The third kappa shape index (κ3) is 6.11. The van der Waals surface area contributed by atoms with Crippen molar-refractivity contribution in [2.75, 3.05) is 0 Å². The molecule has 0 saturated heterocycles. The maximum Gasteiger partial charge on any atom is 0.631 e. The molecular formula is C3H4Cl2O5Si. The van der Waals surface area contributed by atoms with Crippen LogP contribution in [0.15, 0.2) is 0 Å². The van der Waals surface area contributed by atoms with Crippen molar-refractivity contribution < 1.29 is 23.2 Å². The molecule has 0 heterocycles. The smallest absolute Gasteiger partial charge is 0.452 e. The Morgan fingerprint density at radius 3 is 1.73 bits per heavy atom. The van der Waals surface area contributed by atoms with E-state index in [4.69, 9.17) is 28.0 Å². The van der Waals surface area contributed by atoms with Gasteiger partial charge < -0.3 is 13.6 Å². The van der Waals surface area contributed by atoms with Gasteiger partial charge in [0.05, 0.1) is 0 Å². The predicted octanol–water partition coefficient (Wildman–Crippen LogP) is 1.30. The molecule has 0 unspecified atom stereocenters. The van der Waals surface area contributed by atoms with Crippen LogP contribution in [0, 0.1) is 0 Å². The topological polar surface area (TPSA) is 72.8 Å². The van der Waals surface area contributed by atoms with Gasteiger partial charge in [-0.05, 0) is 0 Å². The van der Waals surface area contributed by atoms with E-state index in [-0.39, 0.29) is 0 Å². The maximum atomic E-state index is 10.0. The van der Waals surface area contributed by atoms with Crippen LogP contribution < -0.4 is 0 Å². The van der Waals surface area contributed by atoms with Gasteiger partial charge in [0.2, 0.25) is 0 Å². The first-order valence-electron chi connectivity index (χ1n) is 2.33. The molecule has 0 aliphatic carbocycles. The molecule has 0 bridgehead atoms. The third-order valence-electron chi connectivity index (χ3n) is 0.539. The molecule has 0 radical (unpaired) electrons. The molecule has 0 saturated carbocycles. The minimum atomic E-state index is -3.79. The van der Waals surface area contributed by atoms with E-state index in [0.29, 0.717) is 0 Å². The van der Waals surface area contributed by atoms with E-state index in [0.717, 1.165) is 6.55 Å². The maximum absolute atomic E-state index is 10.0. The summed E-state index contributed by atoms with van der Waals surface area (Å²) in [6, 6.07) is 0. The summed E-state index contributed by atoms with van der Waals surface area (Å²) < 4.78 is 8.08. The zero-order valence-corrected chi connectivity index (χ0v) is 7.85. The second-order valence-corrected chi connectivity index (χ2v) is 4.40. The van der Waals surface area contributed by atoms with Crippen molar-refractivity contribution in [3.63, 3.8) is 0 Å². The van der Waals surface area contributed by atoms with Crippen LogP contribution in [-0.2, 0) is 8.85 Å². The molecule has 0 aliphatic rings. The molecule has 0 rings (SSSR count). The van der Waals surface area contributed by atoms with Crippen LogP contribution in [0.3, 0.4) is 0 Å². The van der Waals surface area contributed by atoms with Crippen molar-refractivity contribution in [1.29, 1.82) is 0 Å². The highest BCUT2D eigenvalue weighted by molar-refractivity contribution is 6.73. The number of hydrogen-bond acceptors (Lipinski definition) is 5. The van der Waals surface area contributed by atoms with Crippen LogP contribution in [0.5, 0.6) is 0 Å². The SMILES string of the molecule is C[Si](O)(OC(=O)Cl)OC(=O)Cl. The Labute approximate surface area is 73.2 Å². The molecule has 1 N–H and O–H groups in total. The Balaban J connectivity index is 3.99. The molecule has 0 amide bonds. The number of carbonyl (C=O) groups is 2. The number of halogens is 2. The summed E-state index contributed by atoms with van der Waals surface area (Å²) in [5, 5.41) is 0. The van der Waals surface area contributed by atoms with Gasteiger partial charge in [0.15, 0.2) is 0 Å². The van der Waals surface area contributed by atoms with Crippen LogP contribution >= 0.6 is 23.2 Å². The molecule has 11 heavy (non-hydrogen) atoms. The third-order valence-corrected chi connectivity index (χ3v) is 2.08. The second kappa shape index (κ2) is 3.91. The fourth-order valence-corrected chi connectivity index (χ4v) is 1.81. The fourth-order valence-electron chi connectivity index (χ4n) is 0.319. The molecule has 5 nitrogen and oxygen atoms in total. The van der Waals surface area contributed by atoms with Gasteiger partial charge in [-0.2, -0.15) is 0 Å². The Bertz CT molecular complexity index is 163. The van der Waals surface area contributed by atoms with Gasteiger partial charge in [0.25, 0.3) is 0 Å². The largest absolute Gasteiger partial charge is 0.631 e. The van der Waals surface area contributed by atoms with Crippen LogP contribution in [-0.4, -0.2) is 24.5 Å². The Morgan fingerprint density at radius 1 is 1.27 bits per heavy atom. The molecule has 0 atom stereocenters. The van der Waals surface area contributed by atoms with E-state index in [1.807, 2.05) is 0 Å². The summed E-state index contributed by atoms with van der Waals surface area (Å²) >= 11 is 9.45. The summed E-state index contributed by atoms with van der Waals surface area (Å²) in [7, 11) is -3.79. The average Bonchev–Trinajstić information content (AvgIpc) is 1.53. The molecule has 0 aliphatic heterocycles. The van der Waals surface area contributed by atoms with E-state index < -0.39 is 19.7 Å². The van der Waals surface area contributed by atoms with E-state index in [9.17, 15) is 9.59 Å². The van der Waals surface area contributed by atoms with E-state index in [1.165, 1.54) is 0 Å². The average molecular weight is 219 g/mol. The Kier molecular flexibility index (Phi) is 3.80. The van der Waals surface area contributed by atoms with Crippen LogP contribution in [0.1, 0.15) is 0 Å². The minimum Gasteiger partial charge on any atom is -0.452 e. The highest BCUT2D eigenvalue weighted by atomic mass is 35.5. The van der Waals surface area contributed by atoms with Crippen LogP contribution in [0.2, 0.25) is 6.55 Å². The Hall–Kier alpha value is -0.303. The van der Waals surface area contributed by atoms with Crippen LogP contribution in [0.4, 0.5) is 9.59 Å². The van der Waals surface area contributed by atoms with Crippen molar-refractivity contribution in [1.82, 2.24) is 0 Å². The van der Waals surface area contributed by atoms with Crippen molar-refractivity contribution >= 4 is 42.9 Å². The van der Waals surface area contributed by atoms with Gasteiger partial charge in [-0.15, -0.1) is 0 Å². The van der Waals surface area contributed by atoms with Gasteiger partial charge >= 0.3 is 19.7 Å². The minimum absolute atomic E-state index is 1.02. The summed E-state index contributed by atoms with van der Waals surface area (Å²) in [5.41, 5.74) is -2.50. The van der Waals surface area contributed by atoms with Crippen molar-refractivity contribution in [3.8, 4) is 0 Å². The lowest BCUT2D eigenvalue weighted by Crippen LogP contribution is -2.40. The second-order valence-electron chi connectivity index (χ2n) is 1.58. The van der Waals surface area contributed by atoms with Gasteiger partial charge in [-0.3, -0.25) is 0 Å². The van der Waals surface area contributed by atoms with Gasteiger partial charge in [-0.25, -0.2) is 9.59 Å². The van der Waals surface area contributed by atoms with E-state index >= 15 is 0 Å². The zero-order chi connectivity index (χ0) is 9.07. The lowest BCUT2D eigenvalue weighted by molar-refractivity contribution is 0.157. The van der Waals surface area contributed by atoms with Gasteiger partial charge in [0, 0.05) is 29.7 Å². The molecule has 0 aromatic heterocycles. The lowest BCUT2D eigenvalue weighted by atomic mass is 11.6. The Morgan fingerprint density at radius 2 is 1.55 bits per heavy atom. The van der Waals surface area contributed by atoms with E-state index in [2.05, 4.69) is 8.85 Å². The molecule has 0 fully saturated rings. The van der Waals surface area contributed by atoms with Crippen molar-refractivity contribution in [2.45, 2.75) is 6.55 Å². The van der Waals surface area contributed by atoms with Gasteiger partial charge in [-0.1, -0.05) is 0 Å². The molecule has 0 aromatic rings. The first kappa shape index (κ1) is 10.7. The first-order chi connectivity index (χ1) is 4.83. The molecular weight excluding hydrogens is 215 g/mol. The molecule has 64 valence electrons. The standard InChI is InChI=1S/C3H4Cl2O5Si/c1-11(8,9-2(4)6)10-3(5)7/h8H,1H3. The number of carbonyl (C=O) groups excluding carboxylic acids is 2.